The SMILES string of the molecule is C[C@@H]1C[C@@](C#N)(C2CC=CC=N2)CCN1C(=O)OC(C)(C)C. The molecule has 2 rings (SSSR count). The van der Waals surface area contributed by atoms with E-state index in [2.05, 4.69) is 17.1 Å². The molecule has 2 aliphatic rings. The summed E-state index contributed by atoms with van der Waals surface area (Å²) in [6, 6.07) is 2.47. The van der Waals surface area contributed by atoms with Crippen LogP contribution in [0.15, 0.2) is 17.1 Å². The van der Waals surface area contributed by atoms with Gasteiger partial charge in [0, 0.05) is 18.8 Å². The second-order valence-corrected chi connectivity index (χ2v) is 7.22. The van der Waals surface area contributed by atoms with E-state index in [9.17, 15) is 10.1 Å². The van der Waals surface area contributed by atoms with Gasteiger partial charge in [-0.3, -0.25) is 4.99 Å². The van der Waals surface area contributed by atoms with Crippen molar-refractivity contribution in [2.45, 2.75) is 64.6 Å². The van der Waals surface area contributed by atoms with Crippen molar-refractivity contribution in [1.29, 1.82) is 5.26 Å². The second kappa shape index (κ2) is 6.12. The average molecular weight is 303 g/mol. The van der Waals surface area contributed by atoms with E-state index in [1.165, 1.54) is 0 Å². The van der Waals surface area contributed by atoms with Gasteiger partial charge in [-0.2, -0.15) is 5.26 Å². The van der Waals surface area contributed by atoms with Crippen molar-refractivity contribution in [2.24, 2.45) is 10.4 Å². The molecule has 0 saturated carbocycles. The van der Waals surface area contributed by atoms with Crippen molar-refractivity contribution in [1.82, 2.24) is 4.90 Å². The number of hydrogen-bond acceptors (Lipinski definition) is 4. The topological polar surface area (TPSA) is 65.7 Å². The molecule has 0 spiro atoms. The summed E-state index contributed by atoms with van der Waals surface area (Å²) in [5.41, 5.74) is -0.988. The van der Waals surface area contributed by atoms with Crippen LogP contribution in [0.3, 0.4) is 0 Å². The van der Waals surface area contributed by atoms with E-state index in [0.29, 0.717) is 19.4 Å². The zero-order valence-corrected chi connectivity index (χ0v) is 13.9. The van der Waals surface area contributed by atoms with Crippen LogP contribution in [-0.4, -0.2) is 41.4 Å². The Hall–Kier alpha value is -1.83. The predicted molar refractivity (Wildman–Crippen MR) is 85.7 cm³/mol. The first-order valence-corrected chi connectivity index (χ1v) is 7.86. The van der Waals surface area contributed by atoms with Gasteiger partial charge in [0.25, 0.3) is 0 Å². The van der Waals surface area contributed by atoms with Gasteiger partial charge in [0.15, 0.2) is 0 Å². The third-order valence-electron chi connectivity index (χ3n) is 4.33. The van der Waals surface area contributed by atoms with Crippen LogP contribution in [0.4, 0.5) is 4.79 Å². The number of amides is 1. The van der Waals surface area contributed by atoms with Crippen molar-refractivity contribution in [3.63, 3.8) is 0 Å². The molecule has 0 aromatic rings. The van der Waals surface area contributed by atoms with E-state index >= 15 is 0 Å². The highest BCUT2D eigenvalue weighted by Gasteiger charge is 2.46. The van der Waals surface area contributed by atoms with Gasteiger partial charge in [-0.05, 0) is 53.0 Å². The monoisotopic (exact) mass is 303 g/mol. The molecule has 22 heavy (non-hydrogen) atoms. The van der Waals surface area contributed by atoms with E-state index in [0.717, 1.165) is 6.42 Å². The number of carbonyl (C=O) groups is 1. The highest BCUT2D eigenvalue weighted by molar-refractivity contribution is 5.72. The highest BCUT2D eigenvalue weighted by Crippen LogP contribution is 2.41. The number of nitriles is 1. The average Bonchev–Trinajstić information content (AvgIpc) is 2.46. The third-order valence-corrected chi connectivity index (χ3v) is 4.33. The quantitative estimate of drug-likeness (QED) is 0.746. The Morgan fingerprint density at radius 2 is 2.23 bits per heavy atom. The largest absolute Gasteiger partial charge is 0.444 e. The van der Waals surface area contributed by atoms with Crippen molar-refractivity contribution in [3.8, 4) is 6.07 Å². The number of ether oxygens (including phenoxy) is 1. The lowest BCUT2D eigenvalue weighted by Crippen LogP contribution is -2.52. The number of likely N-dealkylation sites (tertiary alicyclic amines) is 1. The summed E-state index contributed by atoms with van der Waals surface area (Å²) in [6.45, 7) is 8.11. The number of rotatable bonds is 1. The first-order chi connectivity index (χ1) is 10.3. The molecule has 2 aliphatic heterocycles. The lowest BCUT2D eigenvalue weighted by atomic mass is 9.70. The molecule has 0 aliphatic carbocycles. The van der Waals surface area contributed by atoms with Crippen molar-refractivity contribution in [2.75, 3.05) is 6.54 Å². The first-order valence-electron chi connectivity index (χ1n) is 7.86. The fourth-order valence-corrected chi connectivity index (χ4v) is 3.20. The smallest absolute Gasteiger partial charge is 0.410 e. The van der Waals surface area contributed by atoms with Crippen LogP contribution in [0.25, 0.3) is 0 Å². The van der Waals surface area contributed by atoms with Crippen molar-refractivity contribution < 1.29 is 9.53 Å². The molecule has 0 N–H and O–H groups in total. The van der Waals surface area contributed by atoms with E-state index < -0.39 is 11.0 Å². The second-order valence-electron chi connectivity index (χ2n) is 7.22. The van der Waals surface area contributed by atoms with Gasteiger partial charge in [-0.1, -0.05) is 6.08 Å². The number of carbonyl (C=O) groups excluding carboxylic acids is 1. The predicted octanol–water partition coefficient (Wildman–Crippen LogP) is 3.32. The highest BCUT2D eigenvalue weighted by atomic mass is 16.6. The third kappa shape index (κ3) is 3.49. The summed E-state index contributed by atoms with van der Waals surface area (Å²) >= 11 is 0. The fraction of sp³-hybridized carbons (Fsp3) is 0.706. The molecule has 0 aromatic heterocycles. The normalized spacial score (nSPS) is 31.7. The van der Waals surface area contributed by atoms with Gasteiger partial charge >= 0.3 is 6.09 Å². The summed E-state index contributed by atoms with van der Waals surface area (Å²) < 4.78 is 5.46. The Kier molecular flexibility index (Phi) is 4.60. The van der Waals surface area contributed by atoms with E-state index in [4.69, 9.17) is 4.74 Å². The molecule has 5 heteroatoms. The number of piperidine rings is 1. The molecular weight excluding hydrogens is 278 g/mol. The van der Waals surface area contributed by atoms with E-state index in [1.54, 1.807) is 11.1 Å². The molecule has 3 atom stereocenters. The number of allylic oxidation sites excluding steroid dienone is 1. The van der Waals surface area contributed by atoms with E-state index in [1.807, 2.05) is 33.8 Å². The molecule has 1 unspecified atom stereocenters. The van der Waals surface area contributed by atoms with Gasteiger partial charge < -0.3 is 9.64 Å². The maximum absolute atomic E-state index is 12.3. The van der Waals surface area contributed by atoms with Crippen LogP contribution in [0, 0.1) is 16.7 Å². The summed E-state index contributed by atoms with van der Waals surface area (Å²) in [7, 11) is 0. The minimum atomic E-state index is -0.501. The Bertz CT molecular complexity index is 527. The molecule has 0 radical (unpaired) electrons. The van der Waals surface area contributed by atoms with Crippen LogP contribution in [0.1, 0.15) is 47.0 Å². The Morgan fingerprint density at radius 1 is 1.50 bits per heavy atom. The Morgan fingerprint density at radius 3 is 2.73 bits per heavy atom. The Labute approximate surface area is 132 Å². The zero-order chi connectivity index (χ0) is 16.4. The minimum Gasteiger partial charge on any atom is -0.444 e. The summed E-state index contributed by atoms with van der Waals surface area (Å²) in [5.74, 6) is 0. The van der Waals surface area contributed by atoms with Gasteiger partial charge in [0.1, 0.15) is 5.60 Å². The first kappa shape index (κ1) is 16.5. The molecule has 0 bridgehead atoms. The van der Waals surface area contributed by atoms with Crippen LogP contribution in [0.5, 0.6) is 0 Å². The van der Waals surface area contributed by atoms with Gasteiger partial charge in [0.05, 0.1) is 17.5 Å². The minimum absolute atomic E-state index is 0.00858. The van der Waals surface area contributed by atoms with Gasteiger partial charge in [0.2, 0.25) is 0 Å². The lowest BCUT2D eigenvalue weighted by molar-refractivity contribution is -0.000853. The number of dihydropyridines is 1. The fourth-order valence-electron chi connectivity index (χ4n) is 3.20. The summed E-state index contributed by atoms with van der Waals surface area (Å²) in [6.07, 6.45) is 7.53. The molecule has 1 amide bonds. The molecule has 1 fully saturated rings. The van der Waals surface area contributed by atoms with Crippen molar-refractivity contribution in [3.05, 3.63) is 12.2 Å². The maximum atomic E-state index is 12.3. The number of aliphatic imine (C=N–C) groups is 1. The summed E-state index contributed by atoms with van der Waals surface area (Å²) in [4.78, 5) is 18.5. The number of nitrogens with zero attached hydrogens (tertiary/aromatic N) is 3. The standard InChI is InChI=1S/C17H25N3O2/c1-13-11-17(12-18,14-7-5-6-9-19-14)8-10-20(13)15(21)22-16(2,3)4/h5-6,9,13-14H,7-8,10-11H2,1-4H3/t13-,14?,17+/m1/s1. The number of hydrogen-bond donors (Lipinski definition) is 0. The molecule has 2 heterocycles. The van der Waals surface area contributed by atoms with E-state index in [-0.39, 0.29) is 18.2 Å². The van der Waals surface area contributed by atoms with Crippen LogP contribution in [-0.2, 0) is 4.74 Å². The zero-order valence-electron chi connectivity index (χ0n) is 13.9. The lowest BCUT2D eigenvalue weighted by Gasteiger charge is -2.44. The van der Waals surface area contributed by atoms with Crippen LogP contribution in [0.2, 0.25) is 0 Å². The molecule has 120 valence electrons. The summed E-state index contributed by atoms with van der Waals surface area (Å²) in [5, 5.41) is 9.74. The van der Waals surface area contributed by atoms with Crippen LogP contribution < -0.4 is 0 Å². The van der Waals surface area contributed by atoms with Crippen molar-refractivity contribution >= 4 is 12.3 Å². The maximum Gasteiger partial charge on any atom is 0.410 e. The van der Waals surface area contributed by atoms with Gasteiger partial charge in [-0.15, -0.1) is 0 Å². The van der Waals surface area contributed by atoms with Crippen LogP contribution >= 0.6 is 0 Å². The molecule has 0 aromatic carbocycles. The Balaban J connectivity index is 2.08. The molecular formula is C17H25N3O2. The molecule has 5 nitrogen and oxygen atoms in total. The van der Waals surface area contributed by atoms with Gasteiger partial charge in [-0.25, -0.2) is 4.79 Å². The molecule has 1 saturated heterocycles.